The lowest BCUT2D eigenvalue weighted by molar-refractivity contribution is 0.102. The smallest absolute Gasteiger partial charge is 0.259 e. The fourth-order valence-corrected chi connectivity index (χ4v) is 3.47. The van der Waals surface area contributed by atoms with Crippen LogP contribution in [0, 0.1) is 13.8 Å². The Labute approximate surface area is 147 Å². The highest BCUT2D eigenvalue weighted by molar-refractivity contribution is 7.15. The van der Waals surface area contributed by atoms with Crippen LogP contribution in [0.3, 0.4) is 0 Å². The van der Waals surface area contributed by atoms with Gasteiger partial charge in [-0.25, -0.2) is 4.98 Å². The Kier molecular flexibility index (Phi) is 3.61. The Balaban J connectivity index is 1.82. The Morgan fingerprint density at radius 3 is 2.80 bits per heavy atom. The van der Waals surface area contributed by atoms with Gasteiger partial charge in [-0.3, -0.25) is 9.48 Å². The van der Waals surface area contributed by atoms with E-state index in [1.54, 1.807) is 48.3 Å². The number of hydrogen-bond acceptors (Lipinski definition) is 6. The third kappa shape index (κ3) is 2.80. The Morgan fingerprint density at radius 1 is 1.28 bits per heavy atom. The van der Waals surface area contributed by atoms with E-state index in [0.29, 0.717) is 33.9 Å². The fraction of sp³-hybridized carbons (Fsp3) is 0.176. The van der Waals surface area contributed by atoms with Crippen molar-refractivity contribution in [1.29, 1.82) is 0 Å². The zero-order valence-corrected chi connectivity index (χ0v) is 14.7. The molecule has 0 aromatic carbocycles. The molecule has 0 aliphatic heterocycles. The molecule has 1 amide bonds. The van der Waals surface area contributed by atoms with Crippen LogP contribution >= 0.6 is 11.3 Å². The molecule has 0 spiro atoms. The molecule has 0 fully saturated rings. The standard InChI is InChI=1S/C17H15N5O2S/c1-9-4-5-13(25-9)12-8-11(15-10(2)21-24-17(15)18-12)16(23)19-14-6-7-22(3)20-14/h4-8H,1-3H3,(H,19,20,23). The van der Waals surface area contributed by atoms with Gasteiger partial charge in [-0.05, 0) is 32.0 Å². The van der Waals surface area contributed by atoms with E-state index < -0.39 is 0 Å². The normalized spacial score (nSPS) is 11.2. The van der Waals surface area contributed by atoms with Gasteiger partial charge in [0.25, 0.3) is 11.6 Å². The van der Waals surface area contributed by atoms with E-state index in [1.807, 2.05) is 19.1 Å². The Hall–Kier alpha value is -3.00. The van der Waals surface area contributed by atoms with Crippen molar-refractivity contribution in [1.82, 2.24) is 19.9 Å². The quantitative estimate of drug-likeness (QED) is 0.609. The van der Waals surface area contributed by atoms with Crippen LogP contribution in [0.2, 0.25) is 0 Å². The lowest BCUT2D eigenvalue weighted by atomic mass is 10.1. The van der Waals surface area contributed by atoms with Crippen molar-refractivity contribution in [3.63, 3.8) is 0 Å². The third-order valence-electron chi connectivity index (χ3n) is 3.81. The number of pyridine rings is 1. The highest BCUT2D eigenvalue weighted by Gasteiger charge is 2.20. The number of thiophene rings is 1. The van der Waals surface area contributed by atoms with Gasteiger partial charge >= 0.3 is 0 Å². The van der Waals surface area contributed by atoms with Crippen molar-refractivity contribution in [2.24, 2.45) is 7.05 Å². The summed E-state index contributed by atoms with van der Waals surface area (Å²) in [6.45, 7) is 3.82. The summed E-state index contributed by atoms with van der Waals surface area (Å²) in [7, 11) is 1.79. The van der Waals surface area contributed by atoms with Crippen LogP contribution in [0.4, 0.5) is 5.82 Å². The zero-order chi connectivity index (χ0) is 17.6. The number of aryl methyl sites for hydroxylation is 3. The molecule has 4 heterocycles. The van der Waals surface area contributed by atoms with E-state index in [2.05, 4.69) is 20.6 Å². The number of nitrogens with one attached hydrogen (secondary N) is 1. The van der Waals surface area contributed by atoms with Crippen molar-refractivity contribution >= 4 is 34.2 Å². The minimum absolute atomic E-state index is 0.271. The molecule has 4 aromatic heterocycles. The molecule has 0 bridgehead atoms. The van der Waals surface area contributed by atoms with E-state index in [-0.39, 0.29) is 5.91 Å². The van der Waals surface area contributed by atoms with Crippen molar-refractivity contribution in [3.05, 3.63) is 46.6 Å². The van der Waals surface area contributed by atoms with Crippen LogP contribution in [0.15, 0.2) is 35.0 Å². The largest absolute Gasteiger partial charge is 0.335 e. The first kappa shape index (κ1) is 15.5. The molecule has 0 aliphatic carbocycles. The lowest BCUT2D eigenvalue weighted by Crippen LogP contribution is -2.13. The molecular weight excluding hydrogens is 338 g/mol. The second kappa shape index (κ2) is 5.82. The number of carbonyl (C=O) groups excluding carboxylic acids is 1. The van der Waals surface area contributed by atoms with Crippen molar-refractivity contribution in [2.45, 2.75) is 13.8 Å². The first-order valence-electron chi connectivity index (χ1n) is 7.66. The van der Waals surface area contributed by atoms with E-state index in [1.165, 1.54) is 4.88 Å². The van der Waals surface area contributed by atoms with Crippen LogP contribution in [-0.2, 0) is 7.05 Å². The van der Waals surface area contributed by atoms with Gasteiger partial charge in [0.1, 0.15) is 0 Å². The van der Waals surface area contributed by atoms with Crippen molar-refractivity contribution in [2.75, 3.05) is 5.32 Å². The Morgan fingerprint density at radius 2 is 2.12 bits per heavy atom. The number of carbonyl (C=O) groups is 1. The van der Waals surface area contributed by atoms with Gasteiger partial charge < -0.3 is 9.84 Å². The molecule has 0 unspecified atom stereocenters. The minimum atomic E-state index is -0.271. The molecule has 4 aromatic rings. The van der Waals surface area contributed by atoms with E-state index >= 15 is 0 Å². The first-order chi connectivity index (χ1) is 12.0. The predicted molar refractivity (Wildman–Crippen MR) is 95.8 cm³/mol. The van der Waals surface area contributed by atoms with Gasteiger partial charge in [0, 0.05) is 24.2 Å². The van der Waals surface area contributed by atoms with Gasteiger partial charge in [-0.1, -0.05) is 5.16 Å². The summed E-state index contributed by atoms with van der Waals surface area (Å²) < 4.78 is 6.93. The van der Waals surface area contributed by atoms with Crippen LogP contribution in [0.5, 0.6) is 0 Å². The molecule has 4 rings (SSSR count). The summed E-state index contributed by atoms with van der Waals surface area (Å²) in [4.78, 5) is 19.5. The third-order valence-corrected chi connectivity index (χ3v) is 4.83. The molecule has 7 nitrogen and oxygen atoms in total. The number of amides is 1. The SMILES string of the molecule is Cc1ccc(-c2cc(C(=O)Nc3ccn(C)n3)c3c(C)noc3n2)s1. The molecule has 0 saturated heterocycles. The van der Waals surface area contributed by atoms with Crippen LogP contribution in [0.25, 0.3) is 21.7 Å². The summed E-state index contributed by atoms with van der Waals surface area (Å²) in [5.74, 6) is 0.215. The summed E-state index contributed by atoms with van der Waals surface area (Å²) in [6, 6.07) is 7.51. The number of nitrogens with zero attached hydrogens (tertiary/aromatic N) is 4. The maximum atomic E-state index is 12.8. The monoisotopic (exact) mass is 353 g/mol. The van der Waals surface area contributed by atoms with Crippen molar-refractivity contribution < 1.29 is 9.32 Å². The van der Waals surface area contributed by atoms with E-state index in [0.717, 1.165) is 4.88 Å². The zero-order valence-electron chi connectivity index (χ0n) is 13.9. The maximum Gasteiger partial charge on any atom is 0.259 e. The number of hydrogen-bond donors (Lipinski definition) is 1. The average molecular weight is 353 g/mol. The highest BCUT2D eigenvalue weighted by Crippen LogP contribution is 2.31. The molecule has 25 heavy (non-hydrogen) atoms. The van der Waals surface area contributed by atoms with Crippen molar-refractivity contribution in [3.8, 4) is 10.6 Å². The Bertz CT molecular complexity index is 1090. The molecule has 0 radical (unpaired) electrons. The summed E-state index contributed by atoms with van der Waals surface area (Å²) >= 11 is 1.61. The van der Waals surface area contributed by atoms with E-state index in [9.17, 15) is 4.79 Å². The van der Waals surface area contributed by atoms with Gasteiger partial charge in [0.2, 0.25) is 0 Å². The van der Waals surface area contributed by atoms with Gasteiger partial charge in [0.15, 0.2) is 5.82 Å². The molecule has 126 valence electrons. The van der Waals surface area contributed by atoms with Crippen LogP contribution < -0.4 is 5.32 Å². The molecule has 0 aliphatic rings. The van der Waals surface area contributed by atoms with Crippen LogP contribution in [0.1, 0.15) is 20.9 Å². The maximum absolute atomic E-state index is 12.8. The second-order valence-electron chi connectivity index (χ2n) is 5.74. The molecule has 1 N–H and O–H groups in total. The van der Waals surface area contributed by atoms with Gasteiger partial charge in [0.05, 0.1) is 27.2 Å². The number of fused-ring (bicyclic) bond motifs is 1. The summed E-state index contributed by atoms with van der Waals surface area (Å²) in [5, 5.41) is 11.6. The number of aromatic nitrogens is 4. The van der Waals surface area contributed by atoms with Gasteiger partial charge in [-0.2, -0.15) is 5.10 Å². The highest BCUT2D eigenvalue weighted by atomic mass is 32.1. The fourth-order valence-electron chi connectivity index (χ4n) is 2.64. The lowest BCUT2D eigenvalue weighted by Gasteiger charge is -2.06. The first-order valence-corrected chi connectivity index (χ1v) is 8.48. The molecular formula is C17H15N5O2S. The average Bonchev–Trinajstić information content (AvgIpc) is 3.28. The number of rotatable bonds is 3. The second-order valence-corrected chi connectivity index (χ2v) is 7.03. The topological polar surface area (TPSA) is 85.8 Å². The summed E-state index contributed by atoms with van der Waals surface area (Å²) in [6.07, 6.45) is 1.77. The molecule has 8 heteroatoms. The van der Waals surface area contributed by atoms with Crippen LogP contribution in [-0.4, -0.2) is 25.8 Å². The minimum Gasteiger partial charge on any atom is -0.335 e. The predicted octanol–water partition coefficient (Wildman–Crippen LogP) is 3.55. The molecule has 0 saturated carbocycles. The van der Waals surface area contributed by atoms with Gasteiger partial charge in [-0.15, -0.1) is 11.3 Å². The van der Waals surface area contributed by atoms with E-state index in [4.69, 9.17) is 4.52 Å². The summed E-state index contributed by atoms with van der Waals surface area (Å²) in [5.41, 5.74) is 2.14. The number of anilines is 1. The molecule has 0 atom stereocenters.